The maximum Gasteiger partial charge on any atom is 0.415 e. The van der Waals surface area contributed by atoms with E-state index in [0.717, 1.165) is 45.8 Å². The minimum Gasteiger partial charge on any atom is -0.488 e. The summed E-state index contributed by atoms with van der Waals surface area (Å²) in [4.78, 5) is 23.1. The fraction of sp³-hybridized carbons (Fsp3) is 0.294. The molecule has 0 fully saturated rings. The van der Waals surface area contributed by atoms with Gasteiger partial charge in [0, 0.05) is 19.1 Å². The zero-order valence-electron chi connectivity index (χ0n) is 25.1. The average Bonchev–Trinajstić information content (AvgIpc) is 3.42. The molecule has 5 aromatic rings. The summed E-state index contributed by atoms with van der Waals surface area (Å²) in [6.45, 7) is 8.67. The van der Waals surface area contributed by atoms with E-state index < -0.39 is 6.08 Å². The lowest BCUT2D eigenvalue weighted by atomic mass is 9.98. The summed E-state index contributed by atoms with van der Waals surface area (Å²) in [7, 11) is 1.61. The van der Waals surface area contributed by atoms with Crippen LogP contribution in [0.2, 0.25) is 0 Å². The maximum atomic E-state index is 14.2. The van der Waals surface area contributed by atoms with Crippen LogP contribution < -0.4 is 10.3 Å². The summed E-state index contributed by atoms with van der Waals surface area (Å²) < 4.78 is 18.0. The van der Waals surface area contributed by atoms with Crippen LogP contribution in [0.25, 0.3) is 33.6 Å². The smallest absolute Gasteiger partial charge is 0.415 e. The minimum absolute atomic E-state index is 0.110. The van der Waals surface area contributed by atoms with Crippen molar-refractivity contribution < 1.29 is 19.1 Å². The van der Waals surface area contributed by atoms with Crippen LogP contribution in [0.4, 0.5) is 0 Å². The van der Waals surface area contributed by atoms with Gasteiger partial charge in [0.15, 0.2) is 0 Å². The van der Waals surface area contributed by atoms with Crippen LogP contribution in [-0.2, 0) is 24.3 Å². The molecule has 0 saturated carbocycles. The Balaban J connectivity index is 1.51. The summed E-state index contributed by atoms with van der Waals surface area (Å²) in [6.07, 6.45) is 1.03. The first-order valence-electron chi connectivity index (χ1n) is 14.3. The largest absolute Gasteiger partial charge is 0.488 e. The van der Waals surface area contributed by atoms with Crippen molar-refractivity contribution in [2.24, 2.45) is 0 Å². The van der Waals surface area contributed by atoms with Gasteiger partial charge in [-0.05, 0) is 61.6 Å². The number of hydrogen-bond donors (Lipinski definition) is 1. The minimum atomic E-state index is -0.479. The summed E-state index contributed by atoms with van der Waals surface area (Å²) >= 11 is 0. The Hall–Kier alpha value is -4.76. The van der Waals surface area contributed by atoms with Crippen molar-refractivity contribution >= 4 is 0 Å². The second kappa shape index (κ2) is 12.6. The molecule has 43 heavy (non-hydrogen) atoms. The molecular weight excluding hydrogens is 544 g/mol. The van der Waals surface area contributed by atoms with Crippen molar-refractivity contribution in [2.75, 3.05) is 7.11 Å². The lowest BCUT2D eigenvalue weighted by Gasteiger charge is -2.21. The molecule has 0 amide bonds. The highest BCUT2D eigenvalue weighted by Gasteiger charge is 2.20. The Kier molecular flexibility index (Phi) is 8.73. The molecule has 0 radical (unpaired) electrons. The monoisotopic (exact) mass is 580 g/mol. The number of methoxy groups -OCH3 is 1. The van der Waals surface area contributed by atoms with Crippen LogP contribution in [-0.4, -0.2) is 37.5 Å². The first-order chi connectivity index (χ1) is 20.7. The van der Waals surface area contributed by atoms with Gasteiger partial charge < -0.3 is 14.6 Å². The van der Waals surface area contributed by atoms with E-state index in [2.05, 4.69) is 17.1 Å². The molecule has 0 aliphatic carbocycles. The third-order valence-corrected chi connectivity index (χ3v) is 6.83. The van der Waals surface area contributed by atoms with Crippen molar-refractivity contribution in [3.8, 4) is 45.5 Å². The zero-order chi connectivity index (χ0) is 30.6. The fourth-order valence-electron chi connectivity index (χ4n) is 5.03. The van der Waals surface area contributed by atoms with Crippen LogP contribution in [0.15, 0.2) is 82.1 Å². The quantitative estimate of drug-likeness (QED) is 0.195. The number of aromatic hydroxyl groups is 1. The van der Waals surface area contributed by atoms with E-state index in [-0.39, 0.29) is 17.8 Å². The van der Waals surface area contributed by atoms with Crippen LogP contribution >= 0.6 is 0 Å². The summed E-state index contributed by atoms with van der Waals surface area (Å²) in [5.74, 6) is 1.77. The van der Waals surface area contributed by atoms with E-state index in [0.29, 0.717) is 30.0 Å². The lowest BCUT2D eigenvalue weighted by molar-refractivity contribution is 0.131. The summed E-state index contributed by atoms with van der Waals surface area (Å²) in [6, 6.07) is 23.2. The van der Waals surface area contributed by atoms with Gasteiger partial charge in [0.25, 0.3) is 5.56 Å². The highest BCUT2D eigenvalue weighted by Crippen LogP contribution is 2.31. The highest BCUT2D eigenvalue weighted by atomic mass is 16.6. The molecule has 0 aliphatic heterocycles. The molecule has 1 N–H and O–H groups in total. The first kappa shape index (κ1) is 29.7. The van der Waals surface area contributed by atoms with Gasteiger partial charge in [-0.25, -0.2) is 4.98 Å². The Morgan fingerprint density at radius 2 is 1.58 bits per heavy atom. The summed E-state index contributed by atoms with van der Waals surface area (Å²) in [5, 5.41) is 13.4. The van der Waals surface area contributed by atoms with E-state index in [1.807, 2.05) is 93.6 Å². The van der Waals surface area contributed by atoms with Crippen LogP contribution in [0.1, 0.15) is 51.2 Å². The van der Waals surface area contributed by atoms with E-state index in [1.165, 1.54) is 0 Å². The van der Waals surface area contributed by atoms with Gasteiger partial charge in [0.1, 0.15) is 17.2 Å². The molecule has 0 unspecified atom stereocenters. The van der Waals surface area contributed by atoms with Crippen molar-refractivity contribution in [1.29, 1.82) is 0 Å². The number of benzene rings is 3. The van der Waals surface area contributed by atoms with Gasteiger partial charge >= 0.3 is 6.08 Å². The molecule has 0 atom stereocenters. The third kappa shape index (κ3) is 6.84. The van der Waals surface area contributed by atoms with E-state index in [9.17, 15) is 9.90 Å². The standard InChI is InChI=1S/C34H36N4O5/c1-6-9-29-35-28(21-41-5)30(24-16-18-25(19-17-24)42-34(2,3)4)32(39)38(29)20-22-12-14-23(15-13-22)26-10-7-8-11-27(26)31-36-33(40)43-37-31/h7-8,10-19H,6,9,20-21H2,1-5H3,(H,36,37,40). The average molecular weight is 581 g/mol. The molecule has 5 rings (SSSR count). The number of hydrogen-bond acceptors (Lipinski definition) is 8. The predicted molar refractivity (Wildman–Crippen MR) is 165 cm³/mol. The molecule has 0 spiro atoms. The van der Waals surface area contributed by atoms with Crippen LogP contribution in [0.5, 0.6) is 11.8 Å². The Bertz CT molecular complexity index is 1750. The molecule has 2 heterocycles. The van der Waals surface area contributed by atoms with E-state index >= 15 is 0 Å². The zero-order valence-corrected chi connectivity index (χ0v) is 25.1. The van der Waals surface area contributed by atoms with Gasteiger partial charge in [0.2, 0.25) is 5.82 Å². The Labute approximate surface area is 250 Å². The SMILES string of the molecule is CCCc1nc(COC)c(-c2ccc(OC(C)(C)C)cc2)c(=O)n1Cc1ccc(-c2ccccc2-c2noc(O)n2)cc1. The van der Waals surface area contributed by atoms with Gasteiger partial charge in [-0.3, -0.25) is 13.9 Å². The Morgan fingerprint density at radius 1 is 0.907 bits per heavy atom. The number of aromatic nitrogens is 4. The normalized spacial score (nSPS) is 11.6. The van der Waals surface area contributed by atoms with E-state index in [4.69, 9.17) is 19.0 Å². The van der Waals surface area contributed by atoms with Gasteiger partial charge in [-0.15, -0.1) is 0 Å². The number of aryl methyl sites for hydroxylation is 1. The third-order valence-electron chi connectivity index (χ3n) is 6.83. The number of nitrogens with zero attached hydrogens (tertiary/aromatic N) is 4. The summed E-state index contributed by atoms with van der Waals surface area (Å²) in [5.41, 5.74) is 5.01. The van der Waals surface area contributed by atoms with Crippen molar-refractivity contribution in [2.45, 2.75) is 59.3 Å². The fourth-order valence-corrected chi connectivity index (χ4v) is 5.03. The molecule has 0 saturated heterocycles. The topological polar surface area (TPSA) is 113 Å². The maximum absolute atomic E-state index is 14.2. The number of ether oxygens (including phenoxy) is 2. The molecule has 0 aliphatic rings. The number of rotatable bonds is 10. The molecule has 3 aromatic carbocycles. The van der Waals surface area contributed by atoms with Gasteiger partial charge in [0.05, 0.1) is 24.4 Å². The Morgan fingerprint density at radius 3 is 2.19 bits per heavy atom. The van der Waals surface area contributed by atoms with Crippen LogP contribution in [0, 0.1) is 0 Å². The molecule has 9 heteroatoms. The first-order valence-corrected chi connectivity index (χ1v) is 14.3. The van der Waals surface area contributed by atoms with Crippen molar-refractivity contribution in [3.05, 3.63) is 100 Å². The highest BCUT2D eigenvalue weighted by molar-refractivity contribution is 5.80. The van der Waals surface area contributed by atoms with Crippen LogP contribution in [0.3, 0.4) is 0 Å². The molecule has 0 bridgehead atoms. The van der Waals surface area contributed by atoms with Crippen molar-refractivity contribution in [1.82, 2.24) is 19.7 Å². The van der Waals surface area contributed by atoms with Crippen molar-refractivity contribution in [3.63, 3.8) is 0 Å². The molecule has 222 valence electrons. The van der Waals surface area contributed by atoms with Gasteiger partial charge in [-0.2, -0.15) is 4.98 Å². The predicted octanol–water partition coefficient (Wildman–Crippen LogP) is 6.66. The lowest BCUT2D eigenvalue weighted by Crippen LogP contribution is -2.29. The second-order valence-corrected chi connectivity index (χ2v) is 11.3. The molecule has 2 aromatic heterocycles. The molecule has 9 nitrogen and oxygen atoms in total. The molecular formula is C34H36N4O5. The second-order valence-electron chi connectivity index (χ2n) is 11.3. The van der Waals surface area contributed by atoms with Gasteiger partial charge in [-0.1, -0.05) is 72.7 Å². The van der Waals surface area contributed by atoms with E-state index in [1.54, 1.807) is 11.7 Å².